The number of carboxylic acids is 1. The van der Waals surface area contributed by atoms with E-state index in [9.17, 15) is 27.5 Å². The van der Waals surface area contributed by atoms with E-state index >= 15 is 0 Å². The highest BCUT2D eigenvalue weighted by atomic mass is 35.5. The third-order valence-electron chi connectivity index (χ3n) is 9.59. The summed E-state index contributed by atoms with van der Waals surface area (Å²) in [6.45, 7) is 7.34. The van der Waals surface area contributed by atoms with Gasteiger partial charge in [-0.2, -0.15) is 0 Å². The van der Waals surface area contributed by atoms with Gasteiger partial charge in [-0.25, -0.2) is 4.39 Å². The minimum Gasteiger partial charge on any atom is -0.480 e. The standard InChI is InChI=1S/C34H45ClF4N2O3/c1-22-7-10-26(35)21-29(22)24(16-20-41-17-5-4-6-18-41)15-19-40(3)32(33(42)43)28-13-14-30(36)23(2)31(28)25-8-11-27(12-9-25)44-34(37,38)39/h7,10,13-14,21,24-25,27,32H,4-6,8-9,11-12,15-20H2,1-3H3,(H,42,43)/t24-,25?,27?,32+/m0/s1. The number of rotatable bonds is 12. The molecule has 2 aliphatic rings. The Bertz CT molecular complexity index is 1260. The van der Waals surface area contributed by atoms with E-state index in [1.807, 2.05) is 23.1 Å². The molecule has 2 aromatic rings. The van der Waals surface area contributed by atoms with Gasteiger partial charge in [0.25, 0.3) is 0 Å². The number of carbonyl (C=O) groups is 1. The molecule has 1 saturated heterocycles. The molecule has 2 atom stereocenters. The Balaban J connectivity index is 1.54. The SMILES string of the molecule is Cc1ccc(Cl)cc1[C@H](CCN1CCCCC1)CCN(C)[C@@H](C(=O)O)c1ccc(F)c(C)c1C1CCC(OC(F)(F)F)CC1. The molecule has 10 heteroatoms. The highest BCUT2D eigenvalue weighted by Crippen LogP contribution is 2.42. The Kier molecular flexibility index (Phi) is 12.1. The van der Waals surface area contributed by atoms with E-state index in [1.54, 1.807) is 20.0 Å². The van der Waals surface area contributed by atoms with Crippen LogP contribution in [0.3, 0.4) is 0 Å². The fraction of sp³-hybridized carbons (Fsp3) is 0.618. The van der Waals surface area contributed by atoms with Crippen LogP contribution in [0.2, 0.25) is 5.02 Å². The topological polar surface area (TPSA) is 53.0 Å². The Morgan fingerprint density at radius 3 is 2.36 bits per heavy atom. The minimum absolute atomic E-state index is 0.171. The molecule has 1 aliphatic carbocycles. The second-order valence-electron chi connectivity index (χ2n) is 12.6. The lowest BCUT2D eigenvalue weighted by atomic mass is 9.77. The molecule has 0 bridgehead atoms. The van der Waals surface area contributed by atoms with Crippen LogP contribution in [-0.4, -0.2) is 66.6 Å². The van der Waals surface area contributed by atoms with Crippen LogP contribution in [0.15, 0.2) is 30.3 Å². The molecule has 5 nitrogen and oxygen atoms in total. The first-order valence-electron chi connectivity index (χ1n) is 15.8. The number of hydrogen-bond donors (Lipinski definition) is 1. The number of aryl methyl sites for hydroxylation is 1. The summed E-state index contributed by atoms with van der Waals surface area (Å²) in [4.78, 5) is 17.1. The molecule has 1 N–H and O–H groups in total. The summed E-state index contributed by atoms with van der Waals surface area (Å²) in [6.07, 6.45) is 0.740. The molecule has 0 amide bonds. The van der Waals surface area contributed by atoms with Crippen LogP contribution >= 0.6 is 11.6 Å². The summed E-state index contributed by atoms with van der Waals surface area (Å²) >= 11 is 6.41. The van der Waals surface area contributed by atoms with Crippen LogP contribution in [0, 0.1) is 19.7 Å². The van der Waals surface area contributed by atoms with Crippen molar-refractivity contribution in [1.82, 2.24) is 9.80 Å². The second-order valence-corrected chi connectivity index (χ2v) is 13.0. The Hall–Kier alpha value is -2.20. The highest BCUT2D eigenvalue weighted by molar-refractivity contribution is 6.30. The summed E-state index contributed by atoms with van der Waals surface area (Å²) in [5.74, 6) is -1.57. The molecule has 0 aromatic heterocycles. The van der Waals surface area contributed by atoms with Crippen LogP contribution in [0.4, 0.5) is 17.6 Å². The Morgan fingerprint density at radius 1 is 1.05 bits per heavy atom. The first-order chi connectivity index (χ1) is 20.8. The van der Waals surface area contributed by atoms with Gasteiger partial charge in [0.2, 0.25) is 0 Å². The largest absolute Gasteiger partial charge is 0.522 e. The van der Waals surface area contributed by atoms with Crippen molar-refractivity contribution in [2.24, 2.45) is 0 Å². The van der Waals surface area contributed by atoms with Crippen LogP contribution in [-0.2, 0) is 9.53 Å². The number of ether oxygens (including phenoxy) is 1. The minimum atomic E-state index is -4.70. The Morgan fingerprint density at radius 2 is 1.73 bits per heavy atom. The van der Waals surface area contributed by atoms with E-state index in [4.69, 9.17) is 11.6 Å². The molecule has 1 heterocycles. The lowest BCUT2D eigenvalue weighted by Crippen LogP contribution is -2.35. The fourth-order valence-corrected chi connectivity index (χ4v) is 7.42. The van der Waals surface area contributed by atoms with E-state index in [-0.39, 0.29) is 24.7 Å². The zero-order valence-electron chi connectivity index (χ0n) is 25.9. The van der Waals surface area contributed by atoms with Crippen molar-refractivity contribution in [3.63, 3.8) is 0 Å². The van der Waals surface area contributed by atoms with Crippen molar-refractivity contribution in [2.45, 2.75) is 102 Å². The van der Waals surface area contributed by atoms with Crippen molar-refractivity contribution in [3.8, 4) is 0 Å². The van der Waals surface area contributed by atoms with Crippen molar-refractivity contribution in [1.29, 1.82) is 0 Å². The molecule has 1 saturated carbocycles. The quantitative estimate of drug-likeness (QED) is 0.235. The number of alkyl halides is 3. The maximum atomic E-state index is 14.9. The number of hydrogen-bond acceptors (Lipinski definition) is 4. The number of nitrogens with zero attached hydrogens (tertiary/aromatic N) is 2. The molecule has 0 radical (unpaired) electrons. The highest BCUT2D eigenvalue weighted by Gasteiger charge is 2.37. The normalized spacial score (nSPS) is 21.4. The average Bonchev–Trinajstić information content (AvgIpc) is 2.97. The predicted octanol–water partition coefficient (Wildman–Crippen LogP) is 8.77. The molecule has 44 heavy (non-hydrogen) atoms. The smallest absolute Gasteiger partial charge is 0.480 e. The zero-order valence-corrected chi connectivity index (χ0v) is 26.7. The van der Waals surface area contributed by atoms with Crippen LogP contribution in [0.1, 0.15) is 103 Å². The number of aliphatic carboxylic acids is 1. The van der Waals surface area contributed by atoms with Crippen LogP contribution in [0.5, 0.6) is 0 Å². The van der Waals surface area contributed by atoms with Gasteiger partial charge in [-0.15, -0.1) is 13.2 Å². The fourth-order valence-electron chi connectivity index (χ4n) is 7.24. The summed E-state index contributed by atoms with van der Waals surface area (Å²) < 4.78 is 57.5. The third kappa shape index (κ3) is 9.18. The molecule has 2 fully saturated rings. The van der Waals surface area contributed by atoms with Gasteiger partial charge in [0, 0.05) is 5.02 Å². The molecule has 4 rings (SSSR count). The van der Waals surface area contributed by atoms with Crippen molar-refractivity contribution in [3.05, 3.63) is 69.0 Å². The monoisotopic (exact) mass is 640 g/mol. The van der Waals surface area contributed by atoms with Crippen molar-refractivity contribution < 1.29 is 32.2 Å². The molecule has 0 spiro atoms. The maximum Gasteiger partial charge on any atom is 0.522 e. The number of carboxylic acid groups (broad SMARTS) is 1. The van der Waals surface area contributed by atoms with Crippen LogP contribution in [0.25, 0.3) is 0 Å². The van der Waals surface area contributed by atoms with E-state index in [1.165, 1.54) is 30.9 Å². The average molecular weight is 641 g/mol. The van der Waals surface area contributed by atoms with Gasteiger partial charge >= 0.3 is 12.3 Å². The summed E-state index contributed by atoms with van der Waals surface area (Å²) in [5.41, 5.74) is 3.78. The first kappa shape index (κ1) is 34.7. The summed E-state index contributed by atoms with van der Waals surface area (Å²) in [7, 11) is 1.78. The van der Waals surface area contributed by atoms with Gasteiger partial charge in [0.05, 0.1) is 6.10 Å². The Labute approximate surface area is 263 Å². The van der Waals surface area contributed by atoms with E-state index in [0.29, 0.717) is 47.5 Å². The molecule has 244 valence electrons. The van der Waals surface area contributed by atoms with E-state index < -0.39 is 30.3 Å². The van der Waals surface area contributed by atoms with Gasteiger partial charge in [-0.05, 0) is 156 Å². The number of likely N-dealkylation sites (tertiary alicyclic amines) is 1. The third-order valence-corrected chi connectivity index (χ3v) is 9.82. The first-order valence-corrected chi connectivity index (χ1v) is 16.2. The van der Waals surface area contributed by atoms with Gasteiger partial charge in [-0.1, -0.05) is 30.2 Å². The van der Waals surface area contributed by atoms with E-state index in [0.717, 1.165) is 31.6 Å². The lowest BCUT2D eigenvalue weighted by Gasteiger charge is -2.34. The lowest BCUT2D eigenvalue weighted by molar-refractivity contribution is -0.345. The molecule has 0 unspecified atom stereocenters. The van der Waals surface area contributed by atoms with Crippen molar-refractivity contribution in [2.75, 3.05) is 33.2 Å². The summed E-state index contributed by atoms with van der Waals surface area (Å²) in [6, 6.07) is 7.74. The van der Waals surface area contributed by atoms with Gasteiger partial charge in [0.15, 0.2) is 0 Å². The zero-order chi connectivity index (χ0) is 32.0. The maximum absolute atomic E-state index is 14.9. The van der Waals surface area contributed by atoms with Gasteiger partial charge in [-0.3, -0.25) is 14.4 Å². The molecule has 1 aliphatic heterocycles. The molecule has 2 aromatic carbocycles. The molecular weight excluding hydrogens is 596 g/mol. The van der Waals surface area contributed by atoms with Gasteiger partial charge in [0.1, 0.15) is 11.9 Å². The number of halogens is 5. The van der Waals surface area contributed by atoms with Crippen molar-refractivity contribution >= 4 is 17.6 Å². The number of benzene rings is 2. The summed E-state index contributed by atoms with van der Waals surface area (Å²) in [5, 5.41) is 11.2. The van der Waals surface area contributed by atoms with Crippen LogP contribution < -0.4 is 0 Å². The van der Waals surface area contributed by atoms with Gasteiger partial charge < -0.3 is 10.0 Å². The predicted molar refractivity (Wildman–Crippen MR) is 165 cm³/mol. The van der Waals surface area contributed by atoms with E-state index in [2.05, 4.69) is 16.6 Å². The number of piperidine rings is 1. The second kappa shape index (κ2) is 15.4. The number of likely N-dealkylation sites (N-methyl/N-ethyl adjacent to an activating group) is 1. The molecular formula is C34H45ClF4N2O3.